The number of carbonyl (C=O) groups is 2. The summed E-state index contributed by atoms with van der Waals surface area (Å²) in [7, 11) is 3.84. The molecule has 7 nitrogen and oxygen atoms in total. The van der Waals surface area contributed by atoms with Crippen LogP contribution in [0.5, 0.6) is 0 Å². The van der Waals surface area contributed by atoms with E-state index in [1.54, 1.807) is 24.3 Å². The molecule has 166 valence electrons. The van der Waals surface area contributed by atoms with E-state index < -0.39 is 23.5 Å². The lowest BCUT2D eigenvalue weighted by Crippen LogP contribution is -2.31. The molecule has 1 unspecified atom stereocenters. The molecular formula is C24H18ClN3O4S. The summed E-state index contributed by atoms with van der Waals surface area (Å²) >= 11 is 7.38. The number of hydrogen-bond donors (Lipinski definition) is 1. The average Bonchev–Trinajstić information content (AvgIpc) is 3.52. The van der Waals surface area contributed by atoms with Crippen LogP contribution in [0.3, 0.4) is 0 Å². The molecule has 4 aromatic rings. The monoisotopic (exact) mass is 479 g/mol. The van der Waals surface area contributed by atoms with Crippen molar-refractivity contribution in [2.75, 3.05) is 23.9 Å². The maximum Gasteiger partial charge on any atom is 0.296 e. The second-order valence-corrected chi connectivity index (χ2v) is 9.19. The molecule has 0 bridgehead atoms. The van der Waals surface area contributed by atoms with Crippen LogP contribution in [-0.4, -0.2) is 35.9 Å². The van der Waals surface area contributed by atoms with E-state index in [9.17, 15) is 14.7 Å². The van der Waals surface area contributed by atoms with Gasteiger partial charge in [0.05, 0.1) is 28.1 Å². The molecule has 0 aliphatic carbocycles. The van der Waals surface area contributed by atoms with Gasteiger partial charge in [0.1, 0.15) is 0 Å². The van der Waals surface area contributed by atoms with Crippen LogP contribution in [0.25, 0.3) is 10.2 Å². The molecule has 1 aliphatic rings. The Morgan fingerprint density at radius 1 is 1.18 bits per heavy atom. The summed E-state index contributed by atoms with van der Waals surface area (Å²) in [4.78, 5) is 34.4. The van der Waals surface area contributed by atoms with Gasteiger partial charge >= 0.3 is 0 Å². The number of hydrogen-bond acceptors (Lipinski definition) is 7. The first-order chi connectivity index (χ1) is 15.8. The highest BCUT2D eigenvalue weighted by atomic mass is 35.5. The highest BCUT2D eigenvalue weighted by Crippen LogP contribution is 2.44. The van der Waals surface area contributed by atoms with Gasteiger partial charge in [0.2, 0.25) is 5.78 Å². The van der Waals surface area contributed by atoms with Crippen LogP contribution in [0.4, 0.5) is 10.8 Å². The van der Waals surface area contributed by atoms with Crippen molar-refractivity contribution < 1.29 is 19.1 Å². The predicted octanol–water partition coefficient (Wildman–Crippen LogP) is 5.39. The first-order valence-corrected chi connectivity index (χ1v) is 11.2. The van der Waals surface area contributed by atoms with Crippen LogP contribution < -0.4 is 9.80 Å². The molecule has 2 aromatic carbocycles. The number of nitrogens with zero attached hydrogens (tertiary/aromatic N) is 3. The number of rotatable bonds is 5. The number of ketones is 1. The topological polar surface area (TPSA) is 86.9 Å². The van der Waals surface area contributed by atoms with Crippen LogP contribution in [0.15, 0.2) is 76.6 Å². The van der Waals surface area contributed by atoms with Crippen molar-refractivity contribution in [2.24, 2.45) is 0 Å². The molecule has 1 aliphatic heterocycles. The molecule has 9 heteroatoms. The Morgan fingerprint density at radius 2 is 1.94 bits per heavy atom. The van der Waals surface area contributed by atoms with E-state index in [1.165, 1.54) is 28.6 Å². The zero-order valence-electron chi connectivity index (χ0n) is 17.7. The average molecular weight is 480 g/mol. The zero-order valence-corrected chi connectivity index (χ0v) is 19.2. The molecule has 2 aromatic heterocycles. The van der Waals surface area contributed by atoms with Crippen LogP contribution in [0.2, 0.25) is 5.02 Å². The molecule has 1 N–H and O–H groups in total. The molecule has 3 heterocycles. The van der Waals surface area contributed by atoms with Gasteiger partial charge in [-0.15, -0.1) is 0 Å². The molecule has 0 saturated heterocycles. The fourth-order valence-electron chi connectivity index (χ4n) is 3.83. The van der Waals surface area contributed by atoms with Crippen LogP contribution >= 0.6 is 22.9 Å². The minimum Gasteiger partial charge on any atom is -0.503 e. The summed E-state index contributed by atoms with van der Waals surface area (Å²) in [5, 5.41) is 11.7. The van der Waals surface area contributed by atoms with Crippen molar-refractivity contribution in [3.8, 4) is 0 Å². The van der Waals surface area contributed by atoms with Crippen LogP contribution in [-0.2, 0) is 4.79 Å². The number of aliphatic hydroxyl groups is 1. The van der Waals surface area contributed by atoms with Gasteiger partial charge in [-0.1, -0.05) is 35.1 Å². The lowest BCUT2D eigenvalue weighted by molar-refractivity contribution is -0.117. The van der Waals surface area contributed by atoms with E-state index in [2.05, 4.69) is 4.98 Å². The summed E-state index contributed by atoms with van der Waals surface area (Å²) in [5.74, 6) is -1.83. The molecule has 0 spiro atoms. The number of thiazole rings is 1. The van der Waals surface area contributed by atoms with Gasteiger partial charge in [-0.2, -0.15) is 0 Å². The number of benzene rings is 2. The van der Waals surface area contributed by atoms with Crippen molar-refractivity contribution in [3.05, 3.63) is 88.5 Å². The van der Waals surface area contributed by atoms with E-state index in [4.69, 9.17) is 16.0 Å². The molecule has 0 fully saturated rings. The second kappa shape index (κ2) is 8.06. The smallest absolute Gasteiger partial charge is 0.296 e. The molecule has 0 saturated carbocycles. The van der Waals surface area contributed by atoms with E-state index in [0.29, 0.717) is 21.2 Å². The minimum absolute atomic E-state index is 0.0391. The Hall–Kier alpha value is -3.62. The van der Waals surface area contributed by atoms with Gasteiger partial charge < -0.3 is 14.4 Å². The highest BCUT2D eigenvalue weighted by Gasteiger charge is 2.46. The molecule has 0 radical (unpaired) electrons. The van der Waals surface area contributed by atoms with E-state index >= 15 is 0 Å². The van der Waals surface area contributed by atoms with Crippen molar-refractivity contribution in [3.63, 3.8) is 0 Å². The standard InChI is InChI=1S/C24H18ClN3O4S/c1-27(2)15-8-5-13(6-9-15)20-19(21(29)17-4-3-11-32-17)22(30)23(31)28(20)24-26-16-10-7-14(25)12-18(16)33-24/h3-12,20,30H,1-2H3. The molecule has 5 rings (SSSR count). The van der Waals surface area contributed by atoms with Gasteiger partial charge in [0.15, 0.2) is 16.7 Å². The van der Waals surface area contributed by atoms with Gasteiger partial charge in [0.25, 0.3) is 5.91 Å². The lowest BCUT2D eigenvalue weighted by Gasteiger charge is -2.25. The summed E-state index contributed by atoms with van der Waals surface area (Å²) in [6.07, 6.45) is 1.37. The third-order valence-electron chi connectivity index (χ3n) is 5.47. The predicted molar refractivity (Wildman–Crippen MR) is 128 cm³/mol. The normalized spacial score (nSPS) is 16.2. The molecule has 33 heavy (non-hydrogen) atoms. The number of amides is 1. The van der Waals surface area contributed by atoms with Crippen molar-refractivity contribution in [2.45, 2.75) is 6.04 Å². The number of anilines is 2. The Balaban J connectivity index is 1.67. The number of carbonyl (C=O) groups excluding carboxylic acids is 2. The zero-order chi connectivity index (χ0) is 23.3. The number of fused-ring (bicyclic) bond motifs is 1. The second-order valence-electron chi connectivity index (χ2n) is 7.74. The summed E-state index contributed by atoms with van der Waals surface area (Å²) < 4.78 is 6.06. The van der Waals surface area contributed by atoms with Crippen LogP contribution in [0, 0.1) is 0 Å². The maximum absolute atomic E-state index is 13.3. The number of aromatic nitrogens is 1. The Morgan fingerprint density at radius 3 is 2.61 bits per heavy atom. The first-order valence-electron chi connectivity index (χ1n) is 10.0. The van der Waals surface area contributed by atoms with E-state index in [1.807, 2.05) is 43.3 Å². The molecular weight excluding hydrogens is 462 g/mol. The van der Waals surface area contributed by atoms with Crippen LogP contribution in [0.1, 0.15) is 22.2 Å². The SMILES string of the molecule is CN(C)c1ccc(C2C(C(=O)c3ccco3)=C(O)C(=O)N2c2nc3ccc(Cl)cc3s2)cc1. The first kappa shape index (κ1) is 21.2. The van der Waals surface area contributed by atoms with Crippen molar-refractivity contribution in [1.29, 1.82) is 0 Å². The van der Waals surface area contributed by atoms with E-state index in [0.717, 1.165) is 10.4 Å². The Kier molecular flexibility index (Phi) is 5.19. The fraction of sp³-hybridized carbons (Fsp3) is 0.125. The van der Waals surface area contributed by atoms with Crippen molar-refractivity contribution >= 4 is 55.7 Å². The number of furan rings is 1. The fourth-order valence-corrected chi connectivity index (χ4v) is 5.10. The van der Waals surface area contributed by atoms with Gasteiger partial charge in [0, 0.05) is 24.8 Å². The van der Waals surface area contributed by atoms with E-state index in [-0.39, 0.29) is 11.3 Å². The summed E-state index contributed by atoms with van der Waals surface area (Å²) in [5.41, 5.74) is 2.23. The summed E-state index contributed by atoms with van der Waals surface area (Å²) in [6.45, 7) is 0. The third kappa shape index (κ3) is 3.57. The number of Topliss-reactive ketones (excluding diaryl/α,β-unsaturated/α-hetero) is 1. The minimum atomic E-state index is -0.873. The largest absolute Gasteiger partial charge is 0.503 e. The molecule has 1 amide bonds. The molecule has 1 atom stereocenters. The van der Waals surface area contributed by atoms with Gasteiger partial charge in [-0.25, -0.2) is 4.98 Å². The summed E-state index contributed by atoms with van der Waals surface area (Å²) in [6, 6.07) is 14.9. The van der Waals surface area contributed by atoms with Crippen molar-refractivity contribution in [1.82, 2.24) is 4.98 Å². The Bertz CT molecular complexity index is 1410. The lowest BCUT2D eigenvalue weighted by atomic mass is 9.95. The maximum atomic E-state index is 13.3. The number of halogens is 1. The van der Waals surface area contributed by atoms with Gasteiger partial charge in [-0.3, -0.25) is 14.5 Å². The quantitative estimate of drug-likeness (QED) is 0.386. The van der Waals surface area contributed by atoms with Gasteiger partial charge in [-0.05, 0) is 48.0 Å². The third-order valence-corrected chi connectivity index (χ3v) is 6.72. The highest BCUT2D eigenvalue weighted by molar-refractivity contribution is 7.22. The Labute approximate surface area is 198 Å². The number of aliphatic hydroxyl groups excluding tert-OH is 1.